The molecule has 1 fully saturated rings. The molecule has 2 atom stereocenters. The van der Waals surface area contributed by atoms with Crippen molar-refractivity contribution in [3.8, 4) is 0 Å². The lowest BCUT2D eigenvalue weighted by molar-refractivity contribution is -0.873. The van der Waals surface area contributed by atoms with Crippen molar-refractivity contribution in [2.75, 3.05) is 34.3 Å². The van der Waals surface area contributed by atoms with Gasteiger partial charge in [0, 0.05) is 0 Å². The van der Waals surface area contributed by atoms with E-state index in [1.807, 2.05) is 6.92 Å². The lowest BCUT2D eigenvalue weighted by Crippen LogP contribution is -2.42. The molecule has 0 amide bonds. The van der Waals surface area contributed by atoms with Crippen molar-refractivity contribution in [1.29, 1.82) is 0 Å². The van der Waals surface area contributed by atoms with Gasteiger partial charge in [0.1, 0.15) is 12.6 Å². The van der Waals surface area contributed by atoms with Crippen LogP contribution in [0.15, 0.2) is 0 Å². The van der Waals surface area contributed by atoms with E-state index in [0.29, 0.717) is 0 Å². The zero-order valence-corrected chi connectivity index (χ0v) is 7.83. The van der Waals surface area contributed by atoms with Crippen molar-refractivity contribution in [3.05, 3.63) is 0 Å². The summed E-state index contributed by atoms with van der Waals surface area (Å²) in [6, 6.07) is 0. The SMILES string of the molecule is C[C@@H]1OC[C@H](C[N+](C)(C)C)O1. The lowest BCUT2D eigenvalue weighted by atomic mass is 10.3. The molecule has 66 valence electrons. The molecular formula is C8H18NO2+. The van der Waals surface area contributed by atoms with Gasteiger partial charge in [0.15, 0.2) is 6.29 Å². The molecule has 3 heteroatoms. The van der Waals surface area contributed by atoms with Crippen LogP contribution in [0.5, 0.6) is 0 Å². The van der Waals surface area contributed by atoms with E-state index in [9.17, 15) is 0 Å². The highest BCUT2D eigenvalue weighted by Crippen LogP contribution is 2.12. The fourth-order valence-electron chi connectivity index (χ4n) is 1.30. The number of quaternary nitrogens is 1. The van der Waals surface area contributed by atoms with Crippen molar-refractivity contribution in [2.45, 2.75) is 19.3 Å². The highest BCUT2D eigenvalue weighted by molar-refractivity contribution is 4.61. The van der Waals surface area contributed by atoms with Crippen LogP contribution in [0.1, 0.15) is 6.92 Å². The minimum atomic E-state index is -0.00782. The molecule has 1 aliphatic rings. The average Bonchev–Trinajstić information content (AvgIpc) is 2.10. The summed E-state index contributed by atoms with van der Waals surface area (Å²) in [6.07, 6.45) is 0.275. The van der Waals surface area contributed by atoms with E-state index in [2.05, 4.69) is 21.1 Å². The van der Waals surface area contributed by atoms with Crippen molar-refractivity contribution >= 4 is 0 Å². The van der Waals surface area contributed by atoms with E-state index in [0.717, 1.165) is 17.6 Å². The summed E-state index contributed by atoms with van der Waals surface area (Å²) in [6.45, 7) is 3.71. The summed E-state index contributed by atoms with van der Waals surface area (Å²) < 4.78 is 11.7. The van der Waals surface area contributed by atoms with Gasteiger partial charge in [-0.15, -0.1) is 0 Å². The van der Waals surface area contributed by atoms with Crippen LogP contribution in [0.3, 0.4) is 0 Å². The highest BCUT2D eigenvalue weighted by atomic mass is 16.7. The Labute approximate surface area is 68.5 Å². The molecule has 0 aliphatic carbocycles. The maximum atomic E-state index is 5.50. The van der Waals surface area contributed by atoms with Gasteiger partial charge in [0.2, 0.25) is 0 Å². The van der Waals surface area contributed by atoms with Gasteiger partial charge in [-0.2, -0.15) is 0 Å². The third-order valence-corrected chi connectivity index (χ3v) is 1.65. The quantitative estimate of drug-likeness (QED) is 0.546. The smallest absolute Gasteiger partial charge is 0.155 e. The summed E-state index contributed by atoms with van der Waals surface area (Å²) in [5, 5.41) is 0. The van der Waals surface area contributed by atoms with Crippen LogP contribution < -0.4 is 0 Å². The zero-order valence-electron chi connectivity index (χ0n) is 7.83. The number of rotatable bonds is 2. The summed E-state index contributed by atoms with van der Waals surface area (Å²) in [7, 11) is 6.48. The normalized spacial score (nSPS) is 32.7. The molecule has 3 nitrogen and oxygen atoms in total. The second-order valence-corrected chi connectivity index (χ2v) is 4.13. The molecule has 1 heterocycles. The fourth-order valence-corrected chi connectivity index (χ4v) is 1.30. The number of ether oxygens (including phenoxy) is 2. The Kier molecular flexibility index (Phi) is 2.52. The minimum Gasteiger partial charge on any atom is -0.350 e. The Morgan fingerprint density at radius 1 is 1.36 bits per heavy atom. The van der Waals surface area contributed by atoms with Gasteiger partial charge in [0.25, 0.3) is 0 Å². The summed E-state index contributed by atoms with van der Waals surface area (Å²) in [5.74, 6) is 0. The van der Waals surface area contributed by atoms with Crippen LogP contribution in [0.25, 0.3) is 0 Å². The Balaban J connectivity index is 2.29. The van der Waals surface area contributed by atoms with Crippen LogP contribution >= 0.6 is 0 Å². The van der Waals surface area contributed by atoms with E-state index >= 15 is 0 Å². The molecule has 0 unspecified atom stereocenters. The maximum absolute atomic E-state index is 5.50. The van der Waals surface area contributed by atoms with Gasteiger partial charge in [-0.3, -0.25) is 0 Å². The monoisotopic (exact) mass is 160 g/mol. The highest BCUT2D eigenvalue weighted by Gasteiger charge is 2.27. The first-order chi connectivity index (χ1) is 4.97. The molecule has 0 radical (unpaired) electrons. The molecule has 0 saturated carbocycles. The average molecular weight is 160 g/mol. The molecule has 11 heavy (non-hydrogen) atoms. The predicted molar refractivity (Wildman–Crippen MR) is 43.2 cm³/mol. The molecule has 0 aromatic carbocycles. The molecule has 0 aromatic heterocycles. The third-order valence-electron chi connectivity index (χ3n) is 1.65. The van der Waals surface area contributed by atoms with E-state index in [1.165, 1.54) is 0 Å². The van der Waals surface area contributed by atoms with E-state index < -0.39 is 0 Å². The third kappa shape index (κ3) is 3.18. The number of hydrogen-bond donors (Lipinski definition) is 0. The minimum absolute atomic E-state index is 0.00782. The Hall–Kier alpha value is -0.120. The molecule has 1 saturated heterocycles. The molecule has 1 aliphatic heterocycles. The zero-order chi connectivity index (χ0) is 8.48. The first-order valence-electron chi connectivity index (χ1n) is 4.05. The number of hydrogen-bond acceptors (Lipinski definition) is 2. The number of likely N-dealkylation sites (N-methyl/N-ethyl adjacent to an activating group) is 1. The molecule has 0 N–H and O–H groups in total. The van der Waals surface area contributed by atoms with Gasteiger partial charge in [-0.1, -0.05) is 0 Å². The maximum Gasteiger partial charge on any atom is 0.155 e. The first-order valence-corrected chi connectivity index (χ1v) is 4.05. The Morgan fingerprint density at radius 3 is 2.36 bits per heavy atom. The van der Waals surface area contributed by atoms with Crippen molar-refractivity contribution in [2.24, 2.45) is 0 Å². The number of nitrogens with zero attached hydrogens (tertiary/aromatic N) is 1. The van der Waals surface area contributed by atoms with Crippen molar-refractivity contribution in [3.63, 3.8) is 0 Å². The van der Waals surface area contributed by atoms with Crippen LogP contribution in [-0.4, -0.2) is 51.2 Å². The second-order valence-electron chi connectivity index (χ2n) is 4.13. The Morgan fingerprint density at radius 2 is 2.00 bits per heavy atom. The largest absolute Gasteiger partial charge is 0.350 e. The van der Waals surface area contributed by atoms with Crippen molar-refractivity contribution < 1.29 is 14.0 Å². The first kappa shape index (κ1) is 8.97. The van der Waals surface area contributed by atoms with Crippen LogP contribution in [0, 0.1) is 0 Å². The second kappa shape index (κ2) is 3.09. The van der Waals surface area contributed by atoms with Gasteiger partial charge >= 0.3 is 0 Å². The van der Waals surface area contributed by atoms with E-state index in [-0.39, 0.29) is 12.4 Å². The molecule has 0 spiro atoms. The topological polar surface area (TPSA) is 18.5 Å². The van der Waals surface area contributed by atoms with E-state index in [4.69, 9.17) is 9.47 Å². The lowest BCUT2D eigenvalue weighted by Gasteiger charge is -2.26. The standard InChI is InChI=1S/C8H18NO2/c1-7-10-6-8(11-7)5-9(2,3)4/h7-8H,5-6H2,1-4H3/q+1/t7-,8+/m1/s1. The molecule has 0 bridgehead atoms. The molecule has 1 rings (SSSR count). The van der Waals surface area contributed by atoms with Crippen molar-refractivity contribution in [1.82, 2.24) is 0 Å². The van der Waals surface area contributed by atoms with Crippen LogP contribution in [0.4, 0.5) is 0 Å². The predicted octanol–water partition coefficient (Wildman–Crippen LogP) is 0.454. The van der Waals surface area contributed by atoms with Crippen LogP contribution in [0.2, 0.25) is 0 Å². The van der Waals surface area contributed by atoms with Crippen LogP contribution in [-0.2, 0) is 9.47 Å². The van der Waals surface area contributed by atoms with Gasteiger partial charge in [0.05, 0.1) is 27.7 Å². The van der Waals surface area contributed by atoms with Gasteiger partial charge in [-0.25, -0.2) is 0 Å². The molecule has 0 aromatic rings. The van der Waals surface area contributed by atoms with Gasteiger partial charge in [-0.05, 0) is 6.92 Å². The fraction of sp³-hybridized carbons (Fsp3) is 1.00. The Bertz CT molecular complexity index is 131. The summed E-state index contributed by atoms with van der Waals surface area (Å²) in [5.41, 5.74) is 0. The van der Waals surface area contributed by atoms with Gasteiger partial charge < -0.3 is 14.0 Å². The summed E-state index contributed by atoms with van der Waals surface area (Å²) >= 11 is 0. The molecular weight excluding hydrogens is 142 g/mol. The summed E-state index contributed by atoms with van der Waals surface area (Å²) in [4.78, 5) is 0. The van der Waals surface area contributed by atoms with E-state index in [1.54, 1.807) is 0 Å².